The molecule has 0 bridgehead atoms. The van der Waals surface area contributed by atoms with E-state index in [2.05, 4.69) is 24.3 Å². The zero-order valence-electron chi connectivity index (χ0n) is 15.7. The number of nitrogens with zero attached hydrogens (tertiary/aromatic N) is 1. The van der Waals surface area contributed by atoms with E-state index in [4.69, 9.17) is 4.74 Å². The molecule has 4 rings (SSSR count). The molecule has 3 aromatic carbocycles. The van der Waals surface area contributed by atoms with Crippen molar-refractivity contribution in [2.24, 2.45) is 0 Å². The molecule has 0 radical (unpaired) electrons. The number of benzene rings is 3. The van der Waals surface area contributed by atoms with Gasteiger partial charge in [0.1, 0.15) is 12.3 Å². The molecule has 0 atom stereocenters. The van der Waals surface area contributed by atoms with E-state index in [0.717, 1.165) is 54.8 Å². The predicted octanol–water partition coefficient (Wildman–Crippen LogP) is 2.39. The van der Waals surface area contributed by atoms with E-state index >= 15 is 0 Å². The molecule has 0 aliphatic carbocycles. The van der Waals surface area contributed by atoms with Gasteiger partial charge in [-0.1, -0.05) is 36.4 Å². The van der Waals surface area contributed by atoms with Crippen molar-refractivity contribution in [2.75, 3.05) is 33.3 Å². The van der Waals surface area contributed by atoms with Crippen molar-refractivity contribution in [1.82, 2.24) is 4.90 Å². The number of fused-ring (bicyclic) bond motifs is 1. The lowest BCUT2D eigenvalue weighted by molar-refractivity contribution is -0.917. The van der Waals surface area contributed by atoms with Gasteiger partial charge >= 0.3 is 0 Å². The highest BCUT2D eigenvalue weighted by molar-refractivity contribution is 6.07. The fourth-order valence-electron chi connectivity index (χ4n) is 3.82. The third-order valence-corrected chi connectivity index (χ3v) is 5.39. The Balaban J connectivity index is 1.40. The van der Waals surface area contributed by atoms with E-state index in [9.17, 15) is 4.79 Å². The van der Waals surface area contributed by atoms with Crippen LogP contribution in [0.25, 0.3) is 10.8 Å². The molecule has 1 fully saturated rings. The monoisotopic (exact) mass is 361 g/mol. The van der Waals surface area contributed by atoms with E-state index in [1.807, 2.05) is 47.4 Å². The van der Waals surface area contributed by atoms with Crippen LogP contribution >= 0.6 is 0 Å². The number of hydrogen-bond donors (Lipinski definition) is 1. The van der Waals surface area contributed by atoms with Crippen molar-refractivity contribution in [3.05, 3.63) is 77.9 Å². The van der Waals surface area contributed by atoms with Gasteiger partial charge in [-0.25, -0.2) is 0 Å². The van der Waals surface area contributed by atoms with Gasteiger partial charge in [0.2, 0.25) is 0 Å². The zero-order chi connectivity index (χ0) is 18.6. The highest BCUT2D eigenvalue weighted by atomic mass is 16.5. The molecule has 0 unspecified atom stereocenters. The quantitative estimate of drug-likeness (QED) is 0.774. The first-order valence-electron chi connectivity index (χ1n) is 9.48. The Morgan fingerprint density at radius 3 is 2.41 bits per heavy atom. The SMILES string of the molecule is COc1ccc(C[NH+]2CCN(C(=O)c3cccc4ccccc34)CC2)cc1. The van der Waals surface area contributed by atoms with Crippen LogP contribution in [-0.2, 0) is 6.54 Å². The van der Waals surface area contributed by atoms with Gasteiger partial charge in [-0.2, -0.15) is 0 Å². The highest BCUT2D eigenvalue weighted by Gasteiger charge is 2.25. The van der Waals surface area contributed by atoms with Crippen molar-refractivity contribution in [1.29, 1.82) is 0 Å². The van der Waals surface area contributed by atoms with Crippen LogP contribution in [0.15, 0.2) is 66.7 Å². The van der Waals surface area contributed by atoms with Crippen molar-refractivity contribution in [2.45, 2.75) is 6.54 Å². The average molecular weight is 361 g/mol. The van der Waals surface area contributed by atoms with Gasteiger partial charge in [0.25, 0.3) is 5.91 Å². The summed E-state index contributed by atoms with van der Waals surface area (Å²) >= 11 is 0. The fraction of sp³-hybridized carbons (Fsp3) is 0.261. The number of amides is 1. The molecular formula is C23H25N2O2+. The molecule has 1 aliphatic heterocycles. The van der Waals surface area contributed by atoms with Gasteiger partial charge in [0, 0.05) is 11.1 Å². The molecule has 138 valence electrons. The molecule has 4 nitrogen and oxygen atoms in total. The van der Waals surface area contributed by atoms with Crippen LogP contribution < -0.4 is 9.64 Å². The molecule has 0 spiro atoms. The molecule has 3 aromatic rings. The summed E-state index contributed by atoms with van der Waals surface area (Å²) in [4.78, 5) is 16.6. The van der Waals surface area contributed by atoms with Crippen LogP contribution in [0.3, 0.4) is 0 Å². The maximum Gasteiger partial charge on any atom is 0.254 e. The largest absolute Gasteiger partial charge is 0.497 e. The second-order valence-electron chi connectivity index (χ2n) is 7.09. The van der Waals surface area contributed by atoms with Gasteiger partial charge in [-0.05, 0) is 41.1 Å². The number of rotatable bonds is 4. The van der Waals surface area contributed by atoms with Crippen LogP contribution in [0.4, 0.5) is 0 Å². The fourth-order valence-corrected chi connectivity index (χ4v) is 3.82. The maximum atomic E-state index is 13.1. The molecule has 1 N–H and O–H groups in total. The zero-order valence-corrected chi connectivity index (χ0v) is 15.7. The first-order valence-corrected chi connectivity index (χ1v) is 9.48. The summed E-state index contributed by atoms with van der Waals surface area (Å²) in [7, 11) is 1.69. The van der Waals surface area contributed by atoms with E-state index < -0.39 is 0 Å². The summed E-state index contributed by atoms with van der Waals surface area (Å²) < 4.78 is 5.22. The second kappa shape index (κ2) is 7.80. The van der Waals surface area contributed by atoms with E-state index in [0.29, 0.717) is 0 Å². The Kier molecular flexibility index (Phi) is 5.07. The van der Waals surface area contributed by atoms with Gasteiger partial charge in [-0.15, -0.1) is 0 Å². The number of ether oxygens (including phenoxy) is 1. The summed E-state index contributed by atoms with van der Waals surface area (Å²) in [5.74, 6) is 1.04. The van der Waals surface area contributed by atoms with Crippen molar-refractivity contribution in [3.63, 3.8) is 0 Å². The molecule has 4 heteroatoms. The number of methoxy groups -OCH3 is 1. The van der Waals surface area contributed by atoms with Crippen LogP contribution in [-0.4, -0.2) is 44.1 Å². The number of carbonyl (C=O) groups is 1. The summed E-state index contributed by atoms with van der Waals surface area (Å²) in [5, 5.41) is 2.16. The van der Waals surface area contributed by atoms with Crippen LogP contribution in [0.5, 0.6) is 5.75 Å². The number of piperazine rings is 1. The average Bonchev–Trinajstić information content (AvgIpc) is 2.74. The predicted molar refractivity (Wildman–Crippen MR) is 107 cm³/mol. The lowest BCUT2D eigenvalue weighted by Gasteiger charge is -2.32. The smallest absolute Gasteiger partial charge is 0.254 e. The molecule has 27 heavy (non-hydrogen) atoms. The number of carbonyl (C=O) groups excluding carboxylic acids is 1. The van der Waals surface area contributed by atoms with Crippen LogP contribution in [0.1, 0.15) is 15.9 Å². The van der Waals surface area contributed by atoms with Crippen LogP contribution in [0.2, 0.25) is 0 Å². The minimum atomic E-state index is 0.148. The third kappa shape index (κ3) is 3.81. The summed E-state index contributed by atoms with van der Waals surface area (Å²) in [6.45, 7) is 4.53. The molecule has 0 aromatic heterocycles. The molecule has 1 saturated heterocycles. The minimum Gasteiger partial charge on any atom is -0.497 e. The van der Waals surface area contributed by atoms with Crippen LogP contribution in [0, 0.1) is 0 Å². The topological polar surface area (TPSA) is 34.0 Å². The van der Waals surface area contributed by atoms with Gasteiger partial charge in [-0.3, -0.25) is 4.79 Å². The summed E-state index contributed by atoms with van der Waals surface area (Å²) in [5.41, 5.74) is 2.12. The highest BCUT2D eigenvalue weighted by Crippen LogP contribution is 2.20. The minimum absolute atomic E-state index is 0.148. The van der Waals surface area contributed by atoms with Gasteiger partial charge in [0.15, 0.2) is 0 Å². The van der Waals surface area contributed by atoms with Crippen molar-refractivity contribution < 1.29 is 14.4 Å². The van der Waals surface area contributed by atoms with E-state index in [1.54, 1.807) is 7.11 Å². The molecular weight excluding hydrogens is 336 g/mol. The third-order valence-electron chi connectivity index (χ3n) is 5.39. The summed E-state index contributed by atoms with van der Waals surface area (Å²) in [6.07, 6.45) is 0. The Hall–Kier alpha value is -2.85. The van der Waals surface area contributed by atoms with E-state index in [1.165, 1.54) is 10.5 Å². The van der Waals surface area contributed by atoms with Gasteiger partial charge < -0.3 is 14.5 Å². The summed E-state index contributed by atoms with van der Waals surface area (Å²) in [6, 6.07) is 22.3. The first kappa shape index (κ1) is 17.6. The lowest BCUT2D eigenvalue weighted by Crippen LogP contribution is -3.13. The molecule has 1 amide bonds. The lowest BCUT2D eigenvalue weighted by atomic mass is 10.0. The Morgan fingerprint density at radius 1 is 0.963 bits per heavy atom. The molecule has 0 saturated carbocycles. The van der Waals surface area contributed by atoms with Crippen molar-refractivity contribution in [3.8, 4) is 5.75 Å². The molecule has 1 aliphatic rings. The Morgan fingerprint density at radius 2 is 1.67 bits per heavy atom. The Labute approximate surface area is 160 Å². The second-order valence-corrected chi connectivity index (χ2v) is 7.09. The van der Waals surface area contributed by atoms with E-state index in [-0.39, 0.29) is 5.91 Å². The standard InChI is InChI=1S/C23H24N2O2/c1-27-20-11-9-18(10-12-20)17-24-13-15-25(16-14-24)23(26)22-8-4-6-19-5-2-3-7-21(19)22/h2-12H,13-17H2,1H3/p+1. The Bertz CT molecular complexity index is 923. The maximum absolute atomic E-state index is 13.1. The normalized spacial score (nSPS) is 15.1. The number of nitrogens with one attached hydrogen (secondary N) is 1. The first-order chi connectivity index (χ1) is 13.2. The van der Waals surface area contributed by atoms with Gasteiger partial charge in [0.05, 0.1) is 33.3 Å². The van der Waals surface area contributed by atoms with Crippen molar-refractivity contribution >= 4 is 16.7 Å². The number of hydrogen-bond acceptors (Lipinski definition) is 2. The number of quaternary nitrogens is 1. The molecule has 1 heterocycles.